The molecule has 10 aromatic rings. The van der Waals surface area contributed by atoms with Gasteiger partial charge in [-0.2, -0.15) is 0 Å². The Morgan fingerprint density at radius 3 is 1.66 bits per heavy atom. The highest BCUT2D eigenvalue weighted by Gasteiger charge is 2.46. The Hall–Kier alpha value is -7.29. The van der Waals surface area contributed by atoms with Crippen molar-refractivity contribution in [1.82, 2.24) is 4.98 Å². The number of hydrogen-bond donors (Lipinski definition) is 0. The van der Waals surface area contributed by atoms with Crippen LogP contribution in [0.4, 0.5) is 17.1 Å². The summed E-state index contributed by atoms with van der Waals surface area (Å²) in [6.07, 6.45) is 1.91. The smallest absolute Gasteiger partial charge is 0.0786 e. The highest BCUT2D eigenvalue weighted by Crippen LogP contribution is 2.58. The predicted octanol–water partition coefficient (Wildman–Crippen LogP) is 14.7. The molecule has 59 heavy (non-hydrogen) atoms. The van der Waals surface area contributed by atoms with E-state index in [0.29, 0.717) is 0 Å². The average molecular weight is 753 g/mol. The number of anilines is 3. The number of hydrogen-bond acceptors (Lipinski definition) is 2. The molecule has 0 spiro atoms. The maximum absolute atomic E-state index is 4.89. The largest absolute Gasteiger partial charge is 0.310 e. The predicted molar refractivity (Wildman–Crippen MR) is 246 cm³/mol. The zero-order chi connectivity index (χ0) is 39.3. The van der Waals surface area contributed by atoms with Crippen molar-refractivity contribution in [1.29, 1.82) is 0 Å². The molecule has 2 heterocycles. The lowest BCUT2D eigenvalue weighted by Crippen LogP contribution is -2.37. The maximum Gasteiger partial charge on any atom is 0.0786 e. The van der Waals surface area contributed by atoms with Crippen molar-refractivity contribution < 1.29 is 0 Å². The molecule has 0 N–H and O–H groups in total. The molecule has 1 aromatic heterocycles. The summed E-state index contributed by atoms with van der Waals surface area (Å²) in [5.41, 5.74) is 16.7. The van der Waals surface area contributed by atoms with Gasteiger partial charge in [-0.1, -0.05) is 166 Å². The standard InChI is InChI=1S/C57H40N2/c1-56(2)49-31-30-38(34-47(49)48-35-45-44-25-16-32-58-55(44)43-24-10-9-23-42(43)46(45)36-52(48)56)37-17-15-22-41(33-37)59-53-28-13-11-26-50(53)57(39-18-5-3-6-19-39,40-20-7-4-8-21-40)51-27-12-14-29-54(51)59/h3-36H,1-2H3. The van der Waals surface area contributed by atoms with Crippen LogP contribution in [-0.2, 0) is 10.8 Å². The molecule has 0 saturated carbocycles. The summed E-state index contributed by atoms with van der Waals surface area (Å²) in [6, 6.07) is 74.2. The highest BCUT2D eigenvalue weighted by atomic mass is 15.2. The molecule has 2 nitrogen and oxygen atoms in total. The first-order chi connectivity index (χ1) is 29.0. The summed E-state index contributed by atoms with van der Waals surface area (Å²) < 4.78 is 0. The van der Waals surface area contributed by atoms with Gasteiger partial charge in [-0.25, -0.2) is 0 Å². The van der Waals surface area contributed by atoms with E-state index in [2.05, 4.69) is 219 Å². The Bertz CT molecular complexity index is 3220. The molecule has 0 bridgehead atoms. The van der Waals surface area contributed by atoms with E-state index < -0.39 is 5.41 Å². The molecule has 0 fully saturated rings. The first-order valence-corrected chi connectivity index (χ1v) is 20.6. The van der Waals surface area contributed by atoms with E-state index >= 15 is 0 Å². The molecular formula is C57H40N2. The van der Waals surface area contributed by atoms with Crippen molar-refractivity contribution in [2.75, 3.05) is 4.90 Å². The normalized spacial score (nSPS) is 14.5. The van der Waals surface area contributed by atoms with Crippen molar-refractivity contribution in [3.63, 3.8) is 0 Å². The Labute approximate surface area is 344 Å². The van der Waals surface area contributed by atoms with Crippen LogP contribution in [0, 0.1) is 0 Å². The third kappa shape index (κ3) is 4.72. The Balaban J connectivity index is 1.03. The molecule has 9 aromatic carbocycles. The summed E-state index contributed by atoms with van der Waals surface area (Å²) in [5, 5.41) is 6.21. The van der Waals surface area contributed by atoms with Gasteiger partial charge in [-0.3, -0.25) is 4.98 Å². The van der Waals surface area contributed by atoms with Crippen molar-refractivity contribution in [2.24, 2.45) is 0 Å². The van der Waals surface area contributed by atoms with E-state index in [1.807, 2.05) is 6.20 Å². The molecule has 1 aliphatic carbocycles. The molecule has 2 heteroatoms. The third-order valence-corrected chi connectivity index (χ3v) is 13.3. The summed E-state index contributed by atoms with van der Waals surface area (Å²) >= 11 is 0. The fourth-order valence-electron chi connectivity index (χ4n) is 10.7. The van der Waals surface area contributed by atoms with Crippen LogP contribution in [0.2, 0.25) is 0 Å². The van der Waals surface area contributed by atoms with Gasteiger partial charge in [0.05, 0.1) is 22.3 Å². The second-order valence-corrected chi connectivity index (χ2v) is 16.7. The summed E-state index contributed by atoms with van der Waals surface area (Å²) in [5.74, 6) is 0. The number of fused-ring (bicyclic) bond motifs is 11. The van der Waals surface area contributed by atoms with E-state index in [9.17, 15) is 0 Å². The van der Waals surface area contributed by atoms with Crippen molar-refractivity contribution in [2.45, 2.75) is 24.7 Å². The van der Waals surface area contributed by atoms with Crippen LogP contribution in [0.5, 0.6) is 0 Å². The van der Waals surface area contributed by atoms with Gasteiger partial charge in [0.15, 0.2) is 0 Å². The molecule has 0 unspecified atom stereocenters. The van der Waals surface area contributed by atoms with Crippen LogP contribution in [0.15, 0.2) is 206 Å². The molecule has 0 atom stereocenters. The maximum atomic E-state index is 4.89. The molecule has 0 radical (unpaired) electrons. The summed E-state index contributed by atoms with van der Waals surface area (Å²) in [4.78, 5) is 7.36. The van der Waals surface area contributed by atoms with Gasteiger partial charge in [0, 0.05) is 28.1 Å². The van der Waals surface area contributed by atoms with Gasteiger partial charge in [-0.05, 0) is 120 Å². The zero-order valence-corrected chi connectivity index (χ0v) is 33.0. The minimum absolute atomic E-state index is 0.143. The van der Waals surface area contributed by atoms with Crippen LogP contribution < -0.4 is 4.90 Å². The van der Waals surface area contributed by atoms with Gasteiger partial charge in [-0.15, -0.1) is 0 Å². The fraction of sp³-hybridized carbons (Fsp3) is 0.0702. The number of aromatic nitrogens is 1. The zero-order valence-electron chi connectivity index (χ0n) is 33.0. The SMILES string of the molecule is CC1(C)c2ccc(-c3cccc(N4c5ccccc5C(c5ccccc5)(c5ccccc5)c5ccccc54)c3)cc2-c2cc3c(cc21)c1ccccc1c1ncccc31. The number of benzene rings is 9. The lowest BCUT2D eigenvalue weighted by Gasteiger charge is -2.46. The van der Waals surface area contributed by atoms with E-state index in [4.69, 9.17) is 4.98 Å². The van der Waals surface area contributed by atoms with Crippen molar-refractivity contribution in [3.05, 3.63) is 240 Å². The molecule has 278 valence electrons. The van der Waals surface area contributed by atoms with Gasteiger partial charge in [0.2, 0.25) is 0 Å². The number of para-hydroxylation sites is 2. The Kier molecular flexibility index (Phi) is 7.22. The van der Waals surface area contributed by atoms with E-state index in [1.54, 1.807) is 0 Å². The van der Waals surface area contributed by atoms with E-state index in [1.165, 1.54) is 93.9 Å². The lowest BCUT2D eigenvalue weighted by atomic mass is 9.62. The minimum Gasteiger partial charge on any atom is -0.310 e. The third-order valence-electron chi connectivity index (χ3n) is 13.3. The molecule has 0 amide bonds. The summed E-state index contributed by atoms with van der Waals surface area (Å²) in [6.45, 7) is 4.76. The van der Waals surface area contributed by atoms with Crippen LogP contribution in [0.25, 0.3) is 54.7 Å². The summed E-state index contributed by atoms with van der Waals surface area (Å²) in [7, 11) is 0. The molecule has 1 aliphatic heterocycles. The van der Waals surface area contributed by atoms with Crippen LogP contribution in [-0.4, -0.2) is 4.98 Å². The van der Waals surface area contributed by atoms with Crippen molar-refractivity contribution in [3.8, 4) is 22.3 Å². The van der Waals surface area contributed by atoms with Crippen LogP contribution in [0.1, 0.15) is 47.2 Å². The molecule has 2 aliphatic rings. The number of nitrogens with zero attached hydrogens (tertiary/aromatic N) is 2. The van der Waals surface area contributed by atoms with Crippen LogP contribution >= 0.6 is 0 Å². The number of rotatable bonds is 4. The van der Waals surface area contributed by atoms with Gasteiger partial charge < -0.3 is 4.90 Å². The topological polar surface area (TPSA) is 16.1 Å². The van der Waals surface area contributed by atoms with Gasteiger partial charge in [0.25, 0.3) is 0 Å². The monoisotopic (exact) mass is 752 g/mol. The average Bonchev–Trinajstić information content (AvgIpc) is 3.52. The van der Waals surface area contributed by atoms with E-state index in [-0.39, 0.29) is 5.41 Å². The Morgan fingerprint density at radius 2 is 0.949 bits per heavy atom. The molecule has 0 saturated heterocycles. The lowest BCUT2D eigenvalue weighted by molar-refractivity contribution is 0.661. The fourth-order valence-corrected chi connectivity index (χ4v) is 10.7. The van der Waals surface area contributed by atoms with Gasteiger partial charge >= 0.3 is 0 Å². The Morgan fingerprint density at radius 1 is 0.390 bits per heavy atom. The van der Waals surface area contributed by atoms with E-state index in [0.717, 1.165) is 11.2 Å². The second-order valence-electron chi connectivity index (χ2n) is 16.7. The molecular weight excluding hydrogens is 713 g/mol. The first kappa shape index (κ1) is 33.8. The molecule has 12 rings (SSSR count). The highest BCUT2D eigenvalue weighted by molar-refractivity contribution is 6.25. The second kappa shape index (κ2) is 12.6. The van der Waals surface area contributed by atoms with Gasteiger partial charge in [0.1, 0.15) is 0 Å². The van der Waals surface area contributed by atoms with Crippen molar-refractivity contribution >= 4 is 49.5 Å². The minimum atomic E-state index is -0.498. The first-order valence-electron chi connectivity index (χ1n) is 20.6. The van der Waals surface area contributed by atoms with Crippen LogP contribution in [0.3, 0.4) is 0 Å². The number of pyridine rings is 1. The quantitative estimate of drug-likeness (QED) is 0.166.